The van der Waals surface area contributed by atoms with E-state index in [1.165, 1.54) is 0 Å². The highest BCUT2D eigenvalue weighted by atomic mass is 79.9. The average molecular weight is 364 g/mol. The molecule has 21 heavy (non-hydrogen) atoms. The number of aromatic nitrogens is 2. The Bertz CT molecular complexity index is 855. The number of phenols is 1. The molecule has 1 aliphatic carbocycles. The Morgan fingerprint density at radius 2 is 2.00 bits per heavy atom. The molecule has 3 nitrogen and oxygen atoms in total. The van der Waals surface area contributed by atoms with E-state index < -0.39 is 0 Å². The standard InChI is InChI=1S/C16H12BrClN2O/c17-9-1-6-15(21)12(7-9)16-19-13-8-10(18)2-5-14(13)20(16)11-3-4-11/h1-2,5-8,11,21H,3-4H2. The van der Waals surface area contributed by atoms with Gasteiger partial charge < -0.3 is 9.67 Å². The Balaban J connectivity index is 2.03. The molecule has 0 spiro atoms. The molecule has 0 atom stereocenters. The third kappa shape index (κ3) is 2.23. The Labute approximate surface area is 135 Å². The zero-order valence-electron chi connectivity index (χ0n) is 11.1. The van der Waals surface area contributed by atoms with E-state index in [4.69, 9.17) is 16.6 Å². The first-order chi connectivity index (χ1) is 10.1. The summed E-state index contributed by atoms with van der Waals surface area (Å²) in [5.41, 5.74) is 2.67. The van der Waals surface area contributed by atoms with Gasteiger partial charge in [0, 0.05) is 15.5 Å². The van der Waals surface area contributed by atoms with Crippen LogP contribution in [0.1, 0.15) is 18.9 Å². The number of fused-ring (bicyclic) bond motifs is 1. The molecule has 0 bridgehead atoms. The van der Waals surface area contributed by atoms with Gasteiger partial charge in [-0.2, -0.15) is 0 Å². The SMILES string of the molecule is Oc1ccc(Br)cc1-c1nc2cc(Cl)ccc2n1C1CC1. The molecule has 1 heterocycles. The Morgan fingerprint density at radius 1 is 1.19 bits per heavy atom. The second kappa shape index (κ2) is 4.75. The first-order valence-electron chi connectivity index (χ1n) is 6.80. The largest absolute Gasteiger partial charge is 0.507 e. The van der Waals surface area contributed by atoms with Gasteiger partial charge in [0.2, 0.25) is 0 Å². The van der Waals surface area contributed by atoms with Crippen LogP contribution in [0.5, 0.6) is 5.75 Å². The molecule has 3 aromatic rings. The van der Waals surface area contributed by atoms with Crippen LogP contribution >= 0.6 is 27.5 Å². The average Bonchev–Trinajstić information content (AvgIpc) is 3.22. The van der Waals surface area contributed by atoms with Crippen molar-refractivity contribution in [2.45, 2.75) is 18.9 Å². The topological polar surface area (TPSA) is 38.1 Å². The van der Waals surface area contributed by atoms with Gasteiger partial charge in [0.25, 0.3) is 0 Å². The van der Waals surface area contributed by atoms with E-state index in [0.717, 1.165) is 39.7 Å². The highest BCUT2D eigenvalue weighted by Crippen LogP contribution is 2.43. The summed E-state index contributed by atoms with van der Waals surface area (Å²) in [4.78, 5) is 4.70. The Morgan fingerprint density at radius 3 is 2.76 bits per heavy atom. The minimum Gasteiger partial charge on any atom is -0.507 e. The second-order valence-electron chi connectivity index (χ2n) is 5.33. The quantitative estimate of drug-likeness (QED) is 0.683. The molecular formula is C16H12BrClN2O. The minimum absolute atomic E-state index is 0.238. The number of benzene rings is 2. The van der Waals surface area contributed by atoms with Gasteiger partial charge in [0.05, 0.1) is 16.6 Å². The van der Waals surface area contributed by atoms with Gasteiger partial charge in [-0.25, -0.2) is 4.98 Å². The van der Waals surface area contributed by atoms with Crippen LogP contribution < -0.4 is 0 Å². The van der Waals surface area contributed by atoms with Gasteiger partial charge in [-0.1, -0.05) is 27.5 Å². The monoisotopic (exact) mass is 362 g/mol. The lowest BCUT2D eigenvalue weighted by Crippen LogP contribution is -1.97. The van der Waals surface area contributed by atoms with Gasteiger partial charge in [-0.05, 0) is 49.2 Å². The first kappa shape index (κ1) is 13.2. The predicted molar refractivity (Wildman–Crippen MR) is 87.8 cm³/mol. The molecule has 0 radical (unpaired) electrons. The molecule has 5 heteroatoms. The van der Waals surface area contributed by atoms with Crippen molar-refractivity contribution in [3.8, 4) is 17.1 Å². The van der Waals surface area contributed by atoms with Crippen molar-refractivity contribution >= 4 is 38.6 Å². The molecule has 1 aromatic heterocycles. The van der Waals surface area contributed by atoms with Crippen LogP contribution in [0.15, 0.2) is 40.9 Å². The molecule has 1 saturated carbocycles. The smallest absolute Gasteiger partial charge is 0.145 e. The fourth-order valence-corrected chi connectivity index (χ4v) is 3.18. The summed E-state index contributed by atoms with van der Waals surface area (Å²) in [6, 6.07) is 11.6. The lowest BCUT2D eigenvalue weighted by molar-refractivity contribution is 0.476. The summed E-state index contributed by atoms with van der Waals surface area (Å²) in [6.45, 7) is 0. The molecule has 0 aliphatic heterocycles. The molecule has 0 unspecified atom stereocenters. The fourth-order valence-electron chi connectivity index (χ4n) is 2.65. The predicted octanol–water partition coefficient (Wildman–Crippen LogP) is 5.16. The van der Waals surface area contributed by atoms with Crippen LogP contribution in [0.4, 0.5) is 0 Å². The summed E-state index contributed by atoms with van der Waals surface area (Å²) in [5, 5.41) is 10.9. The fraction of sp³-hybridized carbons (Fsp3) is 0.188. The van der Waals surface area contributed by atoms with Crippen LogP contribution in [-0.2, 0) is 0 Å². The summed E-state index contributed by atoms with van der Waals surface area (Å²) in [5.74, 6) is 1.04. The molecular weight excluding hydrogens is 352 g/mol. The summed E-state index contributed by atoms with van der Waals surface area (Å²) in [6.07, 6.45) is 2.30. The van der Waals surface area contributed by atoms with E-state index in [1.54, 1.807) is 6.07 Å². The molecule has 1 N–H and O–H groups in total. The highest BCUT2D eigenvalue weighted by molar-refractivity contribution is 9.10. The van der Waals surface area contributed by atoms with Gasteiger partial charge >= 0.3 is 0 Å². The third-order valence-corrected chi connectivity index (χ3v) is 4.49. The molecule has 2 aromatic carbocycles. The van der Waals surface area contributed by atoms with E-state index in [-0.39, 0.29) is 5.75 Å². The lowest BCUT2D eigenvalue weighted by Gasteiger charge is -2.09. The van der Waals surface area contributed by atoms with E-state index in [9.17, 15) is 5.11 Å². The number of aromatic hydroxyl groups is 1. The maximum atomic E-state index is 10.2. The van der Waals surface area contributed by atoms with E-state index >= 15 is 0 Å². The molecule has 4 rings (SSSR count). The second-order valence-corrected chi connectivity index (χ2v) is 6.68. The van der Waals surface area contributed by atoms with Crippen molar-refractivity contribution in [2.75, 3.05) is 0 Å². The first-order valence-corrected chi connectivity index (χ1v) is 7.97. The van der Waals surface area contributed by atoms with Gasteiger partial charge in [0.1, 0.15) is 11.6 Å². The van der Waals surface area contributed by atoms with Crippen LogP contribution in [0.2, 0.25) is 5.02 Å². The summed E-state index contributed by atoms with van der Waals surface area (Å²) >= 11 is 9.53. The normalized spacial score (nSPS) is 14.8. The number of rotatable bonds is 2. The van der Waals surface area contributed by atoms with Gasteiger partial charge in [-0.3, -0.25) is 0 Å². The molecule has 1 fully saturated rings. The molecule has 106 valence electrons. The summed E-state index contributed by atoms with van der Waals surface area (Å²) in [7, 11) is 0. The minimum atomic E-state index is 0.238. The lowest BCUT2D eigenvalue weighted by atomic mass is 10.2. The van der Waals surface area contributed by atoms with E-state index in [1.807, 2.05) is 30.3 Å². The number of halogens is 2. The number of hydrogen-bond donors (Lipinski definition) is 1. The van der Waals surface area contributed by atoms with Crippen molar-refractivity contribution in [3.63, 3.8) is 0 Å². The van der Waals surface area contributed by atoms with Crippen molar-refractivity contribution in [1.29, 1.82) is 0 Å². The van der Waals surface area contributed by atoms with Crippen LogP contribution in [-0.4, -0.2) is 14.7 Å². The zero-order chi connectivity index (χ0) is 14.6. The van der Waals surface area contributed by atoms with Crippen LogP contribution in [0, 0.1) is 0 Å². The van der Waals surface area contributed by atoms with Crippen LogP contribution in [0.3, 0.4) is 0 Å². The zero-order valence-corrected chi connectivity index (χ0v) is 13.4. The van der Waals surface area contributed by atoms with Gasteiger partial charge in [-0.15, -0.1) is 0 Å². The van der Waals surface area contributed by atoms with Crippen molar-refractivity contribution in [2.24, 2.45) is 0 Å². The maximum absolute atomic E-state index is 10.2. The Hall–Kier alpha value is -1.52. The third-order valence-electron chi connectivity index (χ3n) is 3.76. The molecule has 1 aliphatic rings. The van der Waals surface area contributed by atoms with Crippen LogP contribution in [0.25, 0.3) is 22.4 Å². The van der Waals surface area contributed by atoms with Crippen molar-refractivity contribution in [1.82, 2.24) is 9.55 Å². The van der Waals surface area contributed by atoms with E-state index in [2.05, 4.69) is 20.5 Å². The number of nitrogens with zero attached hydrogens (tertiary/aromatic N) is 2. The Kier molecular flexibility index (Phi) is 2.98. The van der Waals surface area contributed by atoms with Gasteiger partial charge in [0.15, 0.2) is 0 Å². The number of hydrogen-bond acceptors (Lipinski definition) is 2. The molecule has 0 saturated heterocycles. The molecule has 0 amide bonds. The summed E-state index contributed by atoms with van der Waals surface area (Å²) < 4.78 is 3.13. The van der Waals surface area contributed by atoms with E-state index in [0.29, 0.717) is 11.1 Å². The number of imidazole rings is 1. The van der Waals surface area contributed by atoms with Crippen molar-refractivity contribution < 1.29 is 5.11 Å². The maximum Gasteiger partial charge on any atom is 0.145 e. The number of phenolic OH excluding ortho intramolecular Hbond substituents is 1. The van der Waals surface area contributed by atoms with Crippen molar-refractivity contribution in [3.05, 3.63) is 45.9 Å². The highest BCUT2D eigenvalue weighted by Gasteiger charge is 2.29.